The zero-order chi connectivity index (χ0) is 21.5. The summed E-state index contributed by atoms with van der Waals surface area (Å²) >= 11 is 0. The second-order valence-corrected chi connectivity index (χ2v) is 9.21. The van der Waals surface area contributed by atoms with Gasteiger partial charge in [-0.3, -0.25) is 4.79 Å². The van der Waals surface area contributed by atoms with E-state index in [1.807, 2.05) is 24.3 Å². The number of fused-ring (bicyclic) bond motifs is 1. The van der Waals surface area contributed by atoms with Gasteiger partial charge in [-0.2, -0.15) is 0 Å². The van der Waals surface area contributed by atoms with E-state index in [-0.39, 0.29) is 17.9 Å². The Labute approximate surface area is 181 Å². The van der Waals surface area contributed by atoms with Crippen LogP contribution in [0.5, 0.6) is 0 Å². The molecule has 0 spiro atoms. The summed E-state index contributed by atoms with van der Waals surface area (Å²) in [6, 6.07) is 10.2. The van der Waals surface area contributed by atoms with Crippen LogP contribution in [0.3, 0.4) is 0 Å². The molecule has 4 heteroatoms. The van der Waals surface area contributed by atoms with Crippen LogP contribution in [0, 0.1) is 17.8 Å². The summed E-state index contributed by atoms with van der Waals surface area (Å²) in [7, 11) is 3.61. The zero-order valence-corrected chi connectivity index (χ0v) is 18.4. The molecule has 3 rings (SSSR count). The summed E-state index contributed by atoms with van der Waals surface area (Å²) in [4.78, 5) is 13.3. The first-order chi connectivity index (χ1) is 14.4. The van der Waals surface area contributed by atoms with Gasteiger partial charge in [-0.25, -0.2) is 0 Å². The Morgan fingerprint density at radius 2 is 1.97 bits per heavy atom. The van der Waals surface area contributed by atoms with Gasteiger partial charge in [0, 0.05) is 26.4 Å². The lowest BCUT2D eigenvalue weighted by atomic mass is 9.88. The predicted molar refractivity (Wildman–Crippen MR) is 121 cm³/mol. The molecule has 2 N–H and O–H groups in total. The van der Waals surface area contributed by atoms with Crippen molar-refractivity contribution in [1.82, 2.24) is 4.90 Å². The number of nitrogens with zero attached hydrogens (tertiary/aromatic N) is 1. The maximum Gasteiger partial charge on any atom is 0.222 e. The molecule has 30 heavy (non-hydrogen) atoms. The minimum atomic E-state index is -0.473. The van der Waals surface area contributed by atoms with E-state index in [9.17, 15) is 15.0 Å². The van der Waals surface area contributed by atoms with E-state index in [4.69, 9.17) is 0 Å². The molecule has 1 aromatic carbocycles. The first-order valence-electron chi connectivity index (χ1n) is 11.4. The van der Waals surface area contributed by atoms with E-state index in [1.165, 1.54) is 11.1 Å². The third-order valence-electron chi connectivity index (χ3n) is 6.71. The smallest absolute Gasteiger partial charge is 0.222 e. The van der Waals surface area contributed by atoms with Gasteiger partial charge < -0.3 is 15.1 Å². The number of unbranched alkanes of at least 4 members (excludes halogenated alkanes) is 1. The van der Waals surface area contributed by atoms with Gasteiger partial charge >= 0.3 is 0 Å². The van der Waals surface area contributed by atoms with Crippen molar-refractivity contribution < 1.29 is 15.0 Å². The summed E-state index contributed by atoms with van der Waals surface area (Å²) in [6.45, 7) is 0. The van der Waals surface area contributed by atoms with Gasteiger partial charge in [0.25, 0.3) is 0 Å². The lowest BCUT2D eigenvalue weighted by molar-refractivity contribution is -0.128. The predicted octanol–water partition coefficient (Wildman–Crippen LogP) is 4.13. The Morgan fingerprint density at radius 3 is 2.70 bits per heavy atom. The number of aliphatic hydroxyl groups is 2. The van der Waals surface area contributed by atoms with Gasteiger partial charge in [0.2, 0.25) is 5.91 Å². The van der Waals surface area contributed by atoms with Crippen LogP contribution in [0.4, 0.5) is 0 Å². The number of amides is 1. The van der Waals surface area contributed by atoms with Gasteiger partial charge in [0.05, 0.1) is 12.2 Å². The van der Waals surface area contributed by atoms with Crippen molar-refractivity contribution >= 4 is 5.91 Å². The fourth-order valence-corrected chi connectivity index (χ4v) is 4.95. The molecule has 5 atom stereocenters. The number of benzene rings is 1. The molecule has 0 heterocycles. The van der Waals surface area contributed by atoms with E-state index in [0.29, 0.717) is 24.7 Å². The molecule has 2 aliphatic rings. The van der Waals surface area contributed by atoms with Gasteiger partial charge in [0.1, 0.15) is 0 Å². The van der Waals surface area contributed by atoms with Crippen LogP contribution >= 0.6 is 0 Å². The van der Waals surface area contributed by atoms with Crippen molar-refractivity contribution in [2.24, 2.45) is 17.8 Å². The second kappa shape index (κ2) is 10.9. The highest BCUT2D eigenvalue weighted by molar-refractivity contribution is 5.75. The lowest BCUT2D eigenvalue weighted by Crippen LogP contribution is -2.21. The zero-order valence-electron chi connectivity index (χ0n) is 18.4. The molecule has 4 nitrogen and oxygen atoms in total. The first kappa shape index (κ1) is 22.8. The summed E-state index contributed by atoms with van der Waals surface area (Å²) in [5, 5.41) is 20.9. The van der Waals surface area contributed by atoms with Gasteiger partial charge in [-0.1, -0.05) is 54.1 Å². The van der Waals surface area contributed by atoms with Gasteiger partial charge in [-0.15, -0.1) is 0 Å². The molecule has 164 valence electrons. The van der Waals surface area contributed by atoms with Crippen molar-refractivity contribution in [3.05, 3.63) is 59.7 Å². The highest BCUT2D eigenvalue weighted by Crippen LogP contribution is 2.48. The Morgan fingerprint density at radius 1 is 1.20 bits per heavy atom. The second-order valence-electron chi connectivity index (χ2n) is 9.21. The van der Waals surface area contributed by atoms with Gasteiger partial charge in [0.15, 0.2) is 0 Å². The molecular formula is C26H37NO3. The van der Waals surface area contributed by atoms with Crippen LogP contribution in [-0.4, -0.2) is 47.3 Å². The van der Waals surface area contributed by atoms with Crippen molar-refractivity contribution in [2.45, 2.75) is 63.6 Å². The average molecular weight is 412 g/mol. The third kappa shape index (κ3) is 6.29. The quantitative estimate of drug-likeness (QED) is 0.450. The normalized spacial score (nSPS) is 26.6. The van der Waals surface area contributed by atoms with Crippen LogP contribution in [0.1, 0.15) is 50.5 Å². The molecule has 1 fully saturated rings. The summed E-state index contributed by atoms with van der Waals surface area (Å²) in [6.07, 6.45) is 12.6. The van der Waals surface area contributed by atoms with E-state index in [2.05, 4.69) is 24.3 Å². The summed E-state index contributed by atoms with van der Waals surface area (Å²) in [5.41, 5.74) is 2.72. The summed E-state index contributed by atoms with van der Waals surface area (Å²) < 4.78 is 0. The highest BCUT2D eigenvalue weighted by Gasteiger charge is 2.43. The van der Waals surface area contributed by atoms with Crippen LogP contribution in [0.2, 0.25) is 0 Å². The minimum absolute atomic E-state index is 0.130. The van der Waals surface area contributed by atoms with E-state index < -0.39 is 6.10 Å². The number of carbonyl (C=O) groups excluding carboxylic acids is 1. The van der Waals surface area contributed by atoms with Crippen LogP contribution in [-0.2, 0) is 11.2 Å². The Balaban J connectivity index is 1.43. The lowest BCUT2D eigenvalue weighted by Gasteiger charge is -2.19. The Bertz CT molecular complexity index is 740. The number of carbonyl (C=O) groups is 1. The molecule has 0 aromatic heterocycles. The maximum absolute atomic E-state index is 11.7. The number of allylic oxidation sites excluding steroid dienone is 2. The van der Waals surface area contributed by atoms with Crippen molar-refractivity contribution in [1.29, 1.82) is 0 Å². The van der Waals surface area contributed by atoms with Crippen molar-refractivity contribution in [2.75, 3.05) is 14.1 Å². The molecule has 1 saturated carbocycles. The van der Waals surface area contributed by atoms with Crippen LogP contribution in [0.15, 0.2) is 54.1 Å². The van der Waals surface area contributed by atoms with E-state index in [1.54, 1.807) is 19.0 Å². The minimum Gasteiger partial charge on any atom is -0.392 e. The molecule has 0 unspecified atom stereocenters. The van der Waals surface area contributed by atoms with Crippen molar-refractivity contribution in [3.63, 3.8) is 0 Å². The fraction of sp³-hybridized carbons (Fsp3) is 0.577. The monoisotopic (exact) mass is 411 g/mol. The number of aliphatic hydroxyl groups excluding tert-OH is 2. The third-order valence-corrected chi connectivity index (χ3v) is 6.71. The SMILES string of the molecule is CN(C)C(=O)CCCCC1=C[C@H]2C[C@@H](O)[C@H](C=C[C@@H](O)CCc3ccccc3)[C@H]2C1. The first-order valence-corrected chi connectivity index (χ1v) is 11.4. The molecule has 0 radical (unpaired) electrons. The van der Waals surface area contributed by atoms with E-state index >= 15 is 0 Å². The average Bonchev–Trinajstić information content (AvgIpc) is 3.25. The highest BCUT2D eigenvalue weighted by atomic mass is 16.3. The summed E-state index contributed by atoms with van der Waals surface area (Å²) in [5.74, 6) is 1.24. The fourth-order valence-electron chi connectivity index (χ4n) is 4.95. The maximum atomic E-state index is 11.7. The number of aryl methyl sites for hydroxylation is 1. The molecule has 2 aliphatic carbocycles. The Hall–Kier alpha value is -1.91. The molecule has 1 amide bonds. The molecule has 0 saturated heterocycles. The number of hydrogen-bond donors (Lipinski definition) is 2. The topological polar surface area (TPSA) is 60.8 Å². The largest absolute Gasteiger partial charge is 0.392 e. The van der Waals surface area contributed by atoms with Crippen LogP contribution in [0.25, 0.3) is 0 Å². The van der Waals surface area contributed by atoms with Crippen LogP contribution < -0.4 is 0 Å². The Kier molecular flexibility index (Phi) is 8.29. The standard InChI is InChI=1S/C26H37NO3/c1-27(2)26(30)11-7-6-10-20-16-21-18-25(29)23(24(21)17-20)15-14-22(28)13-12-19-8-4-3-5-9-19/h3-5,8-9,14-16,21-25,28-29H,6-7,10-13,17-18H2,1-2H3/t21-,22-,23+,24-,25+/m0/s1. The number of hydrogen-bond acceptors (Lipinski definition) is 3. The van der Waals surface area contributed by atoms with Gasteiger partial charge in [-0.05, 0) is 62.3 Å². The molecular weight excluding hydrogens is 374 g/mol. The molecule has 0 bridgehead atoms. The van der Waals surface area contributed by atoms with Crippen molar-refractivity contribution in [3.8, 4) is 0 Å². The van der Waals surface area contributed by atoms with E-state index in [0.717, 1.165) is 38.5 Å². The molecule has 0 aliphatic heterocycles. The molecule has 1 aromatic rings. The number of rotatable bonds is 10.